The highest BCUT2D eigenvalue weighted by Gasteiger charge is 2.33. The van der Waals surface area contributed by atoms with E-state index in [4.69, 9.17) is 11.6 Å². The van der Waals surface area contributed by atoms with Crippen LogP contribution in [0.15, 0.2) is 28.7 Å². The minimum atomic E-state index is -4.40. The third kappa shape index (κ3) is 6.57. The summed E-state index contributed by atoms with van der Waals surface area (Å²) < 4.78 is 37.8. The lowest BCUT2D eigenvalue weighted by Crippen LogP contribution is -2.45. The van der Waals surface area contributed by atoms with Gasteiger partial charge in [0.05, 0.1) is 10.0 Å². The number of guanidine groups is 1. The molecule has 1 unspecified atom stereocenters. The van der Waals surface area contributed by atoms with Crippen molar-refractivity contribution in [3.63, 3.8) is 0 Å². The largest absolute Gasteiger partial charge is 0.434 e. The number of aromatic nitrogens is 2. The highest BCUT2D eigenvalue weighted by Crippen LogP contribution is 2.30. The summed E-state index contributed by atoms with van der Waals surface area (Å²) >= 11 is 7.22. The molecule has 12 heteroatoms. The number of pyridine rings is 1. The lowest BCUT2D eigenvalue weighted by Gasteiger charge is -2.20. The summed E-state index contributed by atoms with van der Waals surface area (Å²) in [5, 5.41) is 8.55. The molecule has 6 nitrogen and oxygen atoms in total. The zero-order valence-electron chi connectivity index (χ0n) is 15.5. The fourth-order valence-electron chi connectivity index (χ4n) is 2.91. The summed E-state index contributed by atoms with van der Waals surface area (Å²) in [6.45, 7) is 2.00. The molecule has 1 fully saturated rings. The molecule has 0 spiro atoms. The fourth-order valence-corrected chi connectivity index (χ4v) is 3.96. The maximum Gasteiger partial charge on any atom is 0.434 e. The van der Waals surface area contributed by atoms with Crippen LogP contribution in [0.1, 0.15) is 17.1 Å². The third-order valence-corrected chi connectivity index (χ3v) is 5.47. The van der Waals surface area contributed by atoms with Gasteiger partial charge in [-0.1, -0.05) is 11.6 Å². The topological polar surface area (TPSA) is 65.4 Å². The molecule has 0 aliphatic carbocycles. The van der Waals surface area contributed by atoms with Gasteiger partial charge in [0.2, 0.25) is 0 Å². The van der Waals surface area contributed by atoms with E-state index in [2.05, 4.69) is 30.5 Å². The van der Waals surface area contributed by atoms with Gasteiger partial charge < -0.3 is 15.5 Å². The lowest BCUT2D eigenvalue weighted by atomic mass is 10.3. The maximum atomic E-state index is 12.6. The van der Waals surface area contributed by atoms with E-state index < -0.39 is 11.9 Å². The van der Waals surface area contributed by atoms with Crippen LogP contribution in [-0.2, 0) is 12.6 Å². The number of hydrogen-bond donors (Lipinski definition) is 2. The molecule has 1 saturated heterocycles. The Bertz CT molecular complexity index is 831. The number of rotatable bonds is 5. The van der Waals surface area contributed by atoms with Crippen LogP contribution < -0.4 is 15.5 Å². The van der Waals surface area contributed by atoms with Crippen molar-refractivity contribution in [1.82, 2.24) is 20.6 Å². The van der Waals surface area contributed by atoms with Gasteiger partial charge in [-0.25, -0.2) is 9.97 Å². The Balaban J connectivity index is 0.00000300. The predicted molar refractivity (Wildman–Crippen MR) is 121 cm³/mol. The summed E-state index contributed by atoms with van der Waals surface area (Å²) in [6, 6.07) is 3.78. The van der Waals surface area contributed by atoms with Crippen molar-refractivity contribution in [2.24, 2.45) is 4.99 Å². The van der Waals surface area contributed by atoms with Crippen LogP contribution in [0, 0.1) is 0 Å². The van der Waals surface area contributed by atoms with E-state index in [-0.39, 0.29) is 30.0 Å². The van der Waals surface area contributed by atoms with Crippen molar-refractivity contribution in [2.45, 2.75) is 25.1 Å². The Morgan fingerprint density at radius 3 is 2.90 bits per heavy atom. The molecule has 2 aromatic heterocycles. The number of hydrogen-bond acceptors (Lipinski definition) is 5. The van der Waals surface area contributed by atoms with E-state index in [0.29, 0.717) is 29.0 Å². The number of nitrogens with zero attached hydrogens (tertiary/aromatic N) is 4. The van der Waals surface area contributed by atoms with Crippen LogP contribution in [0.2, 0.25) is 5.02 Å². The Hall–Kier alpha value is -1.34. The van der Waals surface area contributed by atoms with Gasteiger partial charge >= 0.3 is 6.18 Å². The van der Waals surface area contributed by atoms with Crippen molar-refractivity contribution in [3.8, 4) is 0 Å². The summed E-state index contributed by atoms with van der Waals surface area (Å²) in [6.07, 6.45) is -1.40. The van der Waals surface area contributed by atoms with Crippen molar-refractivity contribution in [3.05, 3.63) is 39.4 Å². The zero-order valence-corrected chi connectivity index (χ0v) is 19.4. The van der Waals surface area contributed by atoms with Gasteiger partial charge in [-0.2, -0.15) is 13.2 Å². The molecule has 0 amide bonds. The number of alkyl halides is 3. The monoisotopic (exact) mass is 560 g/mol. The molecule has 2 aromatic rings. The third-order valence-electron chi connectivity index (χ3n) is 4.26. The number of nitrogens with one attached hydrogen (secondary N) is 2. The van der Waals surface area contributed by atoms with E-state index in [1.165, 1.54) is 0 Å². The molecule has 29 heavy (non-hydrogen) atoms. The van der Waals surface area contributed by atoms with Crippen molar-refractivity contribution in [2.75, 3.05) is 31.6 Å². The first-order valence-corrected chi connectivity index (χ1v) is 9.97. The zero-order chi connectivity index (χ0) is 20.1. The van der Waals surface area contributed by atoms with E-state index in [0.717, 1.165) is 42.0 Å². The first kappa shape index (κ1) is 23.9. The molecule has 160 valence electrons. The SMILES string of the molecule is CN=C(NCCc1nc(C(F)(F)F)cs1)NC1CCN(c2ncccc2Cl)C1.I. The molecular formula is C17H21ClF3IN6S. The fraction of sp³-hybridized carbons (Fsp3) is 0.471. The average Bonchev–Trinajstić information content (AvgIpc) is 3.30. The second kappa shape index (κ2) is 10.6. The normalized spacial score (nSPS) is 17.2. The van der Waals surface area contributed by atoms with Crippen LogP contribution in [0.3, 0.4) is 0 Å². The van der Waals surface area contributed by atoms with E-state index in [9.17, 15) is 13.2 Å². The summed E-state index contributed by atoms with van der Waals surface area (Å²) in [5.74, 6) is 1.37. The molecule has 0 aromatic carbocycles. The highest BCUT2D eigenvalue weighted by molar-refractivity contribution is 14.0. The van der Waals surface area contributed by atoms with Gasteiger partial charge in [-0.15, -0.1) is 35.3 Å². The van der Waals surface area contributed by atoms with Crippen LogP contribution in [0.25, 0.3) is 0 Å². The molecule has 1 aliphatic rings. The van der Waals surface area contributed by atoms with E-state index in [1.807, 2.05) is 6.07 Å². The number of aliphatic imine (C=N–C) groups is 1. The minimum Gasteiger partial charge on any atom is -0.356 e. The Morgan fingerprint density at radius 1 is 1.45 bits per heavy atom. The van der Waals surface area contributed by atoms with Crippen LogP contribution in [0.5, 0.6) is 0 Å². The standard InChI is InChI=1S/C17H20ClF3N6S.HI/c1-22-16(24-7-4-14-26-13(10-28-14)17(19,20)21)25-11-5-8-27(9-11)15-12(18)3-2-6-23-15;/h2-3,6,10-11H,4-5,7-9H2,1H3,(H2,22,24,25);1H. The van der Waals surface area contributed by atoms with Gasteiger partial charge in [0.25, 0.3) is 0 Å². The average molecular weight is 561 g/mol. The Morgan fingerprint density at radius 2 is 2.24 bits per heavy atom. The minimum absolute atomic E-state index is 0. The molecule has 0 bridgehead atoms. The Kier molecular flexibility index (Phi) is 8.76. The summed E-state index contributed by atoms with van der Waals surface area (Å²) in [4.78, 5) is 14.2. The summed E-state index contributed by atoms with van der Waals surface area (Å²) in [7, 11) is 1.66. The van der Waals surface area contributed by atoms with Gasteiger partial charge in [-0.3, -0.25) is 4.99 Å². The Labute approximate surface area is 193 Å². The smallest absolute Gasteiger partial charge is 0.356 e. The van der Waals surface area contributed by atoms with Crippen molar-refractivity contribution in [1.29, 1.82) is 0 Å². The molecule has 0 saturated carbocycles. The van der Waals surface area contributed by atoms with Crippen molar-refractivity contribution < 1.29 is 13.2 Å². The molecule has 2 N–H and O–H groups in total. The van der Waals surface area contributed by atoms with E-state index in [1.54, 1.807) is 19.3 Å². The van der Waals surface area contributed by atoms with Gasteiger partial charge in [0.15, 0.2) is 11.7 Å². The van der Waals surface area contributed by atoms with E-state index >= 15 is 0 Å². The van der Waals surface area contributed by atoms with Crippen molar-refractivity contribution >= 4 is 58.7 Å². The van der Waals surface area contributed by atoms with Gasteiger partial charge in [-0.05, 0) is 18.6 Å². The first-order valence-electron chi connectivity index (χ1n) is 8.71. The maximum absolute atomic E-state index is 12.6. The van der Waals surface area contributed by atoms with Gasteiger partial charge in [0, 0.05) is 50.7 Å². The highest BCUT2D eigenvalue weighted by atomic mass is 127. The molecule has 1 aliphatic heterocycles. The van der Waals surface area contributed by atoms with Crippen LogP contribution in [0.4, 0.5) is 19.0 Å². The molecule has 1 atom stereocenters. The van der Waals surface area contributed by atoms with Crippen LogP contribution >= 0.6 is 46.9 Å². The molecule has 0 radical (unpaired) electrons. The molecule has 3 rings (SSSR count). The lowest BCUT2D eigenvalue weighted by molar-refractivity contribution is -0.140. The second-order valence-corrected chi connectivity index (χ2v) is 7.61. The second-order valence-electron chi connectivity index (χ2n) is 6.26. The van der Waals surface area contributed by atoms with Gasteiger partial charge in [0.1, 0.15) is 5.82 Å². The summed E-state index contributed by atoms with van der Waals surface area (Å²) in [5.41, 5.74) is -0.839. The molecule has 3 heterocycles. The van der Waals surface area contributed by atoms with Crippen LogP contribution in [-0.4, -0.2) is 48.7 Å². The first-order chi connectivity index (χ1) is 13.4. The number of thiazole rings is 1. The quantitative estimate of drug-likeness (QED) is 0.331. The number of anilines is 1. The molecular weight excluding hydrogens is 540 g/mol. The predicted octanol–water partition coefficient (Wildman–Crippen LogP) is 3.81. The number of halogens is 5.